The van der Waals surface area contributed by atoms with Gasteiger partial charge in [0.05, 0.1) is 5.92 Å². The average Bonchev–Trinajstić information content (AvgIpc) is 2.38. The molecule has 1 fully saturated rings. The fourth-order valence-electron chi connectivity index (χ4n) is 2.18. The first-order chi connectivity index (χ1) is 8.61. The van der Waals surface area contributed by atoms with Gasteiger partial charge in [-0.2, -0.15) is 0 Å². The Hall–Kier alpha value is -0.610. The highest BCUT2D eigenvalue weighted by Crippen LogP contribution is 2.09. The van der Waals surface area contributed by atoms with Gasteiger partial charge in [-0.15, -0.1) is 0 Å². The molecule has 0 bridgehead atoms. The lowest BCUT2D eigenvalue weighted by molar-refractivity contribution is -0.125. The quantitative estimate of drug-likeness (QED) is 0.672. The van der Waals surface area contributed by atoms with Crippen LogP contribution in [0.15, 0.2) is 0 Å². The number of nitrogens with one attached hydrogen (secondary N) is 2. The second-order valence-corrected chi connectivity index (χ2v) is 5.62. The fraction of sp³-hybridized carbons (Fsp3) is 0.929. The van der Waals surface area contributed by atoms with Crippen molar-refractivity contribution in [1.82, 2.24) is 15.5 Å². The molecule has 1 rings (SSSR count). The van der Waals surface area contributed by atoms with Gasteiger partial charge in [0.25, 0.3) is 0 Å². The first-order valence-electron chi connectivity index (χ1n) is 7.30. The van der Waals surface area contributed by atoms with Gasteiger partial charge < -0.3 is 15.5 Å². The van der Waals surface area contributed by atoms with E-state index >= 15 is 0 Å². The van der Waals surface area contributed by atoms with Crippen molar-refractivity contribution in [3.05, 3.63) is 0 Å². The minimum atomic E-state index is 0.192. The molecule has 1 saturated heterocycles. The highest BCUT2D eigenvalue weighted by atomic mass is 16.1. The third kappa shape index (κ3) is 5.83. The Labute approximate surface area is 111 Å². The molecule has 0 radical (unpaired) electrons. The van der Waals surface area contributed by atoms with Crippen molar-refractivity contribution < 1.29 is 4.79 Å². The standard InChI is InChI=1S/C14H29N3O/c1-12(2)17(3)10-5-4-9-16-14(18)13-7-6-8-15-11-13/h12-13,15H,4-11H2,1-3H3,(H,16,18)/t13-/m1/s1. The summed E-state index contributed by atoms with van der Waals surface area (Å²) in [4.78, 5) is 14.2. The summed E-state index contributed by atoms with van der Waals surface area (Å²) in [6.07, 6.45) is 4.38. The van der Waals surface area contributed by atoms with Gasteiger partial charge >= 0.3 is 0 Å². The van der Waals surface area contributed by atoms with Crippen molar-refractivity contribution in [2.45, 2.75) is 45.6 Å². The van der Waals surface area contributed by atoms with Crippen molar-refractivity contribution >= 4 is 5.91 Å². The number of piperidine rings is 1. The number of rotatable bonds is 7. The predicted molar refractivity (Wildman–Crippen MR) is 75.6 cm³/mol. The minimum absolute atomic E-state index is 0.192. The average molecular weight is 255 g/mol. The van der Waals surface area contributed by atoms with Gasteiger partial charge in [0.2, 0.25) is 5.91 Å². The van der Waals surface area contributed by atoms with Crippen LogP contribution in [0.3, 0.4) is 0 Å². The molecule has 2 N–H and O–H groups in total. The van der Waals surface area contributed by atoms with Crippen LogP contribution in [0.5, 0.6) is 0 Å². The number of hydrogen-bond acceptors (Lipinski definition) is 3. The molecule has 0 saturated carbocycles. The van der Waals surface area contributed by atoms with Gasteiger partial charge in [-0.1, -0.05) is 0 Å². The molecule has 0 spiro atoms. The van der Waals surface area contributed by atoms with E-state index in [0.717, 1.165) is 51.9 Å². The molecule has 4 heteroatoms. The lowest BCUT2D eigenvalue weighted by atomic mass is 9.99. The van der Waals surface area contributed by atoms with Gasteiger partial charge in [0.1, 0.15) is 0 Å². The molecule has 0 aromatic rings. The molecule has 1 amide bonds. The Balaban J connectivity index is 2.01. The summed E-state index contributed by atoms with van der Waals surface area (Å²) in [5.74, 6) is 0.427. The van der Waals surface area contributed by atoms with Crippen molar-refractivity contribution in [2.75, 3.05) is 33.2 Å². The van der Waals surface area contributed by atoms with Crippen molar-refractivity contribution in [3.63, 3.8) is 0 Å². The van der Waals surface area contributed by atoms with Crippen molar-refractivity contribution in [3.8, 4) is 0 Å². The summed E-state index contributed by atoms with van der Waals surface area (Å²) in [5, 5.41) is 6.34. The SMILES string of the molecule is CC(C)N(C)CCCCNC(=O)[C@@H]1CCCNC1. The second kappa shape index (κ2) is 8.48. The van der Waals surface area contributed by atoms with Crippen LogP contribution in [0, 0.1) is 5.92 Å². The summed E-state index contributed by atoms with van der Waals surface area (Å²) >= 11 is 0. The van der Waals surface area contributed by atoms with Gasteiger partial charge in [-0.3, -0.25) is 4.79 Å². The summed E-state index contributed by atoms with van der Waals surface area (Å²) in [7, 11) is 2.15. The molecular formula is C14H29N3O. The monoisotopic (exact) mass is 255 g/mol. The molecule has 0 aromatic heterocycles. The Morgan fingerprint density at radius 2 is 2.22 bits per heavy atom. The Morgan fingerprint density at radius 3 is 2.83 bits per heavy atom. The summed E-state index contributed by atoms with van der Waals surface area (Å²) in [5.41, 5.74) is 0. The normalized spacial score (nSPS) is 20.4. The maximum absolute atomic E-state index is 11.8. The van der Waals surface area contributed by atoms with E-state index in [-0.39, 0.29) is 11.8 Å². The third-order valence-electron chi connectivity index (χ3n) is 3.79. The van der Waals surface area contributed by atoms with Crippen LogP contribution in [0.2, 0.25) is 0 Å². The summed E-state index contributed by atoms with van der Waals surface area (Å²) in [6.45, 7) is 8.25. The van der Waals surface area contributed by atoms with E-state index < -0.39 is 0 Å². The zero-order valence-electron chi connectivity index (χ0n) is 12.2. The summed E-state index contributed by atoms with van der Waals surface area (Å²) < 4.78 is 0. The maximum Gasteiger partial charge on any atom is 0.224 e. The van der Waals surface area contributed by atoms with Crippen LogP contribution >= 0.6 is 0 Å². The topological polar surface area (TPSA) is 44.4 Å². The number of hydrogen-bond donors (Lipinski definition) is 2. The van der Waals surface area contributed by atoms with E-state index in [1.54, 1.807) is 0 Å². The minimum Gasteiger partial charge on any atom is -0.356 e. The molecular weight excluding hydrogens is 226 g/mol. The van der Waals surface area contributed by atoms with E-state index in [1.165, 1.54) is 0 Å². The molecule has 18 heavy (non-hydrogen) atoms. The van der Waals surface area contributed by atoms with Gasteiger partial charge in [-0.25, -0.2) is 0 Å². The fourth-order valence-corrected chi connectivity index (χ4v) is 2.18. The molecule has 1 aliphatic rings. The summed E-state index contributed by atoms with van der Waals surface area (Å²) in [6, 6.07) is 0.605. The van der Waals surface area contributed by atoms with E-state index in [4.69, 9.17) is 0 Å². The molecule has 1 heterocycles. The molecule has 4 nitrogen and oxygen atoms in total. The van der Waals surface area contributed by atoms with Crippen molar-refractivity contribution in [1.29, 1.82) is 0 Å². The Morgan fingerprint density at radius 1 is 1.44 bits per heavy atom. The zero-order valence-corrected chi connectivity index (χ0v) is 12.2. The van der Waals surface area contributed by atoms with E-state index in [0.29, 0.717) is 6.04 Å². The van der Waals surface area contributed by atoms with E-state index in [2.05, 4.69) is 36.4 Å². The number of unbranched alkanes of at least 4 members (excludes halogenated alkanes) is 1. The highest BCUT2D eigenvalue weighted by Gasteiger charge is 2.19. The number of carbonyl (C=O) groups excluding carboxylic acids is 1. The number of amides is 1. The van der Waals surface area contributed by atoms with Crippen molar-refractivity contribution in [2.24, 2.45) is 5.92 Å². The van der Waals surface area contributed by atoms with Gasteiger partial charge in [0, 0.05) is 19.1 Å². The first kappa shape index (κ1) is 15.4. The smallest absolute Gasteiger partial charge is 0.224 e. The molecule has 0 aliphatic carbocycles. The Bertz CT molecular complexity index is 237. The lowest BCUT2D eigenvalue weighted by Crippen LogP contribution is -2.40. The zero-order chi connectivity index (χ0) is 13.4. The van der Waals surface area contributed by atoms with E-state index in [9.17, 15) is 4.79 Å². The number of nitrogens with zero attached hydrogens (tertiary/aromatic N) is 1. The van der Waals surface area contributed by atoms with Gasteiger partial charge in [0.15, 0.2) is 0 Å². The highest BCUT2D eigenvalue weighted by molar-refractivity contribution is 5.78. The van der Waals surface area contributed by atoms with Gasteiger partial charge in [-0.05, 0) is 59.7 Å². The van der Waals surface area contributed by atoms with Crippen LogP contribution in [0.25, 0.3) is 0 Å². The molecule has 0 unspecified atom stereocenters. The maximum atomic E-state index is 11.8. The third-order valence-corrected chi connectivity index (χ3v) is 3.79. The number of carbonyl (C=O) groups is 1. The van der Waals surface area contributed by atoms with Crippen LogP contribution in [0.1, 0.15) is 39.5 Å². The molecule has 1 aliphatic heterocycles. The van der Waals surface area contributed by atoms with Crippen LogP contribution in [-0.4, -0.2) is 50.1 Å². The lowest BCUT2D eigenvalue weighted by Gasteiger charge is -2.22. The van der Waals surface area contributed by atoms with Crippen LogP contribution in [0.4, 0.5) is 0 Å². The molecule has 0 aromatic carbocycles. The predicted octanol–water partition coefficient (Wildman–Crippen LogP) is 1.22. The van der Waals surface area contributed by atoms with Crippen LogP contribution < -0.4 is 10.6 Å². The largest absolute Gasteiger partial charge is 0.356 e. The molecule has 106 valence electrons. The first-order valence-corrected chi connectivity index (χ1v) is 7.30. The Kier molecular flexibility index (Phi) is 7.28. The second-order valence-electron chi connectivity index (χ2n) is 5.62. The molecule has 1 atom stereocenters. The van der Waals surface area contributed by atoms with Crippen LogP contribution in [-0.2, 0) is 4.79 Å². The van der Waals surface area contributed by atoms with E-state index in [1.807, 2.05) is 0 Å².